The molecule has 0 N–H and O–H groups in total. The van der Waals surface area contributed by atoms with Gasteiger partial charge in [0, 0.05) is 5.41 Å². The first kappa shape index (κ1) is 40.7. The Balaban J connectivity index is 1.00. The Kier molecular flexibility index (Phi) is 9.80. The zero-order chi connectivity index (χ0) is 45.9. The van der Waals surface area contributed by atoms with Gasteiger partial charge in [-0.25, -0.2) is 0 Å². The lowest BCUT2D eigenvalue weighted by Gasteiger charge is -2.32. The minimum absolute atomic E-state index is 0.300. The Hall–Kier alpha value is -8.58. The lowest BCUT2D eigenvalue weighted by molar-refractivity contribution is 0.609. The molecule has 12 aromatic carbocycles. The van der Waals surface area contributed by atoms with Crippen LogP contribution in [0.25, 0.3) is 110 Å². The fourth-order valence-corrected chi connectivity index (χ4v) is 11.9. The van der Waals surface area contributed by atoms with Gasteiger partial charge < -0.3 is 0 Å². The van der Waals surface area contributed by atoms with Crippen LogP contribution in [0.5, 0.6) is 0 Å². The van der Waals surface area contributed by atoms with E-state index in [1.165, 1.54) is 127 Å². The first-order chi connectivity index (χ1) is 34.2. The molecule has 0 bridgehead atoms. The molecule has 12 aromatic rings. The molecule has 1 atom stereocenters. The van der Waals surface area contributed by atoms with Crippen molar-refractivity contribution in [3.8, 4) is 77.9 Å². The van der Waals surface area contributed by atoms with E-state index < -0.39 is 0 Å². The van der Waals surface area contributed by atoms with E-state index in [1.807, 2.05) is 0 Å². The molecule has 13 rings (SSSR count). The van der Waals surface area contributed by atoms with E-state index in [9.17, 15) is 0 Å². The van der Waals surface area contributed by atoms with Gasteiger partial charge in [0.25, 0.3) is 0 Å². The van der Waals surface area contributed by atoms with Gasteiger partial charge in [-0.05, 0) is 158 Å². The van der Waals surface area contributed by atoms with Crippen LogP contribution in [0.4, 0.5) is 0 Å². The molecular formula is C69H48. The van der Waals surface area contributed by atoms with Gasteiger partial charge in [0.1, 0.15) is 0 Å². The van der Waals surface area contributed by atoms with Crippen molar-refractivity contribution >= 4 is 32.3 Å². The van der Waals surface area contributed by atoms with Gasteiger partial charge in [-0.2, -0.15) is 0 Å². The number of fused-ring (bicyclic) bond motifs is 6. The van der Waals surface area contributed by atoms with Gasteiger partial charge >= 0.3 is 0 Å². The Morgan fingerprint density at radius 3 is 1.20 bits per heavy atom. The molecule has 0 saturated heterocycles. The molecule has 1 aliphatic carbocycles. The maximum atomic E-state index is 2.54. The van der Waals surface area contributed by atoms with Gasteiger partial charge in [-0.3, -0.25) is 0 Å². The summed E-state index contributed by atoms with van der Waals surface area (Å²) >= 11 is 0. The largest absolute Gasteiger partial charge is 0.0639 e. The van der Waals surface area contributed by atoms with Crippen LogP contribution >= 0.6 is 0 Å². The van der Waals surface area contributed by atoms with E-state index in [2.05, 4.69) is 268 Å². The number of benzene rings is 12. The van der Waals surface area contributed by atoms with Gasteiger partial charge in [-0.1, -0.05) is 244 Å². The summed E-state index contributed by atoms with van der Waals surface area (Å²) in [6.07, 6.45) is 0.943. The lowest BCUT2D eigenvalue weighted by atomic mass is 9.70. The summed E-state index contributed by atoms with van der Waals surface area (Å²) < 4.78 is 0. The minimum Gasteiger partial charge on any atom is -0.0639 e. The lowest BCUT2D eigenvalue weighted by Crippen LogP contribution is -2.26. The highest BCUT2D eigenvalue weighted by molar-refractivity contribution is 6.24. The Morgan fingerprint density at radius 1 is 0.246 bits per heavy atom. The maximum Gasteiger partial charge on any atom is 0.0461 e. The second-order valence-electron chi connectivity index (χ2n) is 18.6. The van der Waals surface area contributed by atoms with Crippen LogP contribution in [-0.4, -0.2) is 0 Å². The molecule has 1 aliphatic rings. The number of rotatable bonds is 8. The minimum atomic E-state index is -0.300. The highest BCUT2D eigenvalue weighted by Crippen LogP contribution is 2.56. The van der Waals surface area contributed by atoms with Gasteiger partial charge in [-0.15, -0.1) is 0 Å². The topological polar surface area (TPSA) is 0 Å². The average Bonchev–Trinajstić information content (AvgIpc) is 3.72. The first-order valence-corrected chi connectivity index (χ1v) is 24.3. The van der Waals surface area contributed by atoms with Crippen LogP contribution in [0.3, 0.4) is 0 Å². The van der Waals surface area contributed by atoms with Crippen molar-refractivity contribution in [1.82, 2.24) is 0 Å². The smallest absolute Gasteiger partial charge is 0.0461 e. The van der Waals surface area contributed by atoms with E-state index in [0.29, 0.717) is 0 Å². The maximum absolute atomic E-state index is 2.54. The van der Waals surface area contributed by atoms with Crippen molar-refractivity contribution in [2.24, 2.45) is 0 Å². The second-order valence-corrected chi connectivity index (χ2v) is 18.6. The summed E-state index contributed by atoms with van der Waals surface area (Å²) in [7, 11) is 0. The monoisotopic (exact) mass is 876 g/mol. The fourth-order valence-electron chi connectivity index (χ4n) is 11.9. The summed E-state index contributed by atoms with van der Waals surface area (Å²) in [4.78, 5) is 0. The summed E-state index contributed by atoms with van der Waals surface area (Å²) in [5.41, 5.74) is 21.2. The van der Waals surface area contributed by atoms with E-state index in [1.54, 1.807) is 0 Å². The van der Waals surface area contributed by atoms with Crippen LogP contribution < -0.4 is 0 Å². The van der Waals surface area contributed by atoms with Crippen molar-refractivity contribution < 1.29 is 0 Å². The molecule has 1 unspecified atom stereocenters. The molecule has 0 amide bonds. The third-order valence-corrected chi connectivity index (χ3v) is 15.0. The summed E-state index contributed by atoms with van der Waals surface area (Å²) in [6, 6.07) is 97.1. The second kappa shape index (κ2) is 16.6. The summed E-state index contributed by atoms with van der Waals surface area (Å²) in [5, 5.41) is 7.50. The number of hydrogen-bond acceptors (Lipinski definition) is 0. The molecule has 0 nitrogen and oxygen atoms in total. The van der Waals surface area contributed by atoms with Crippen LogP contribution in [-0.2, 0) is 5.41 Å². The van der Waals surface area contributed by atoms with Crippen LogP contribution in [0.2, 0.25) is 0 Å². The molecule has 0 fully saturated rings. The normalized spacial score (nSPS) is 14.0. The van der Waals surface area contributed by atoms with Crippen LogP contribution in [0.1, 0.15) is 30.0 Å². The number of hydrogen-bond donors (Lipinski definition) is 0. The van der Waals surface area contributed by atoms with Gasteiger partial charge in [0.15, 0.2) is 0 Å². The van der Waals surface area contributed by atoms with E-state index in [0.717, 1.165) is 6.42 Å². The molecule has 0 aliphatic heterocycles. The Morgan fingerprint density at radius 2 is 0.638 bits per heavy atom. The van der Waals surface area contributed by atoms with Crippen LogP contribution in [0, 0.1) is 0 Å². The predicted molar refractivity (Wildman–Crippen MR) is 294 cm³/mol. The predicted octanol–water partition coefficient (Wildman–Crippen LogP) is 18.9. The summed E-state index contributed by atoms with van der Waals surface area (Å²) in [5.74, 6) is 0. The Labute approximate surface area is 404 Å². The van der Waals surface area contributed by atoms with Crippen molar-refractivity contribution in [3.63, 3.8) is 0 Å². The SMILES string of the molecule is CCC1(c2ccc(-c3ccccc3)cc2)c2ccccc2-c2ccc(-c3c4ccccc4c(-c4ccc(-c5cc(-c6ccccc6)cc(-c6ccccc6)c5)c5ccccc45)c4ccccc34)cc21. The van der Waals surface area contributed by atoms with E-state index in [-0.39, 0.29) is 5.41 Å². The fraction of sp³-hybridized carbons (Fsp3) is 0.0435. The third-order valence-electron chi connectivity index (χ3n) is 15.0. The van der Waals surface area contributed by atoms with E-state index >= 15 is 0 Å². The molecule has 0 heteroatoms. The van der Waals surface area contributed by atoms with Crippen molar-refractivity contribution in [2.45, 2.75) is 18.8 Å². The van der Waals surface area contributed by atoms with Gasteiger partial charge in [0.05, 0.1) is 0 Å². The quantitative estimate of drug-likeness (QED) is 0.133. The van der Waals surface area contributed by atoms with Gasteiger partial charge in [0.2, 0.25) is 0 Å². The molecule has 0 radical (unpaired) electrons. The average molecular weight is 877 g/mol. The zero-order valence-corrected chi connectivity index (χ0v) is 38.5. The molecule has 69 heavy (non-hydrogen) atoms. The van der Waals surface area contributed by atoms with E-state index in [4.69, 9.17) is 0 Å². The standard InChI is InChI=1S/C69H48/c1-2-69(54-37-34-49(35-38-54)46-20-6-3-7-21-46)65-33-19-18-28-58(65)59-39-36-50(45-66(59)69)67-60-29-14-16-31-62(60)68(63-32-17-15-30-61(63)67)64-41-40-55(56-26-12-13-27-57(56)64)53-43-51(47-22-8-4-9-23-47)42-52(44-53)48-24-10-5-11-25-48/h3-45H,2H2,1H3. The third kappa shape index (κ3) is 6.59. The molecule has 0 aromatic heterocycles. The molecule has 0 spiro atoms. The Bertz CT molecular complexity index is 3790. The first-order valence-electron chi connectivity index (χ1n) is 24.3. The van der Waals surface area contributed by atoms with Crippen molar-refractivity contribution in [1.29, 1.82) is 0 Å². The van der Waals surface area contributed by atoms with Crippen LogP contribution in [0.15, 0.2) is 261 Å². The molecule has 324 valence electrons. The highest BCUT2D eigenvalue weighted by atomic mass is 14.5. The zero-order valence-electron chi connectivity index (χ0n) is 38.5. The highest BCUT2D eigenvalue weighted by Gasteiger charge is 2.43. The molecular weight excluding hydrogens is 829 g/mol. The molecule has 0 heterocycles. The van der Waals surface area contributed by atoms with Crippen molar-refractivity contribution in [2.75, 3.05) is 0 Å². The van der Waals surface area contributed by atoms with Crippen molar-refractivity contribution in [3.05, 3.63) is 278 Å². The summed E-state index contributed by atoms with van der Waals surface area (Å²) in [6.45, 7) is 2.36. The molecule has 0 saturated carbocycles.